The number of nitrogens with zero attached hydrogens (tertiary/aromatic N) is 1. The van der Waals surface area contributed by atoms with Crippen LogP contribution in [0, 0.1) is 23.5 Å². The first-order chi connectivity index (χ1) is 7.74. The molecular formula is C12H14F2N2. The van der Waals surface area contributed by atoms with Crippen LogP contribution in [0.2, 0.25) is 0 Å². The molecule has 4 heteroatoms. The van der Waals surface area contributed by atoms with Crippen LogP contribution in [-0.2, 0) is 0 Å². The van der Waals surface area contributed by atoms with Gasteiger partial charge in [0, 0.05) is 32.2 Å². The van der Waals surface area contributed by atoms with E-state index in [0.717, 1.165) is 32.2 Å². The number of benzene rings is 1. The number of rotatable bonds is 1. The van der Waals surface area contributed by atoms with Gasteiger partial charge in [-0.1, -0.05) is 0 Å². The third-order valence-electron chi connectivity index (χ3n) is 3.64. The maximum Gasteiger partial charge on any atom is 0.149 e. The minimum Gasteiger partial charge on any atom is -0.368 e. The molecule has 3 rings (SSSR count). The molecule has 2 nitrogen and oxygen atoms in total. The van der Waals surface area contributed by atoms with E-state index in [0.29, 0.717) is 17.5 Å². The van der Waals surface area contributed by atoms with Gasteiger partial charge in [0.05, 0.1) is 5.69 Å². The molecule has 0 bridgehead atoms. The molecule has 1 aromatic carbocycles. The molecule has 0 aliphatic carbocycles. The molecule has 0 unspecified atom stereocenters. The number of hydrogen-bond acceptors (Lipinski definition) is 2. The lowest BCUT2D eigenvalue weighted by Crippen LogP contribution is -2.26. The summed E-state index contributed by atoms with van der Waals surface area (Å²) in [4.78, 5) is 2.03. The average molecular weight is 224 g/mol. The van der Waals surface area contributed by atoms with Crippen LogP contribution in [0.1, 0.15) is 0 Å². The van der Waals surface area contributed by atoms with Crippen molar-refractivity contribution in [3.05, 3.63) is 29.8 Å². The molecule has 0 amide bonds. The fourth-order valence-electron chi connectivity index (χ4n) is 2.79. The third kappa shape index (κ3) is 1.57. The summed E-state index contributed by atoms with van der Waals surface area (Å²) in [7, 11) is 0. The molecule has 1 aromatic rings. The van der Waals surface area contributed by atoms with Crippen LogP contribution in [0.3, 0.4) is 0 Å². The van der Waals surface area contributed by atoms with Gasteiger partial charge in [0.2, 0.25) is 0 Å². The highest BCUT2D eigenvalue weighted by molar-refractivity contribution is 5.49. The van der Waals surface area contributed by atoms with E-state index in [9.17, 15) is 8.78 Å². The molecule has 0 spiro atoms. The molecule has 16 heavy (non-hydrogen) atoms. The molecule has 2 aliphatic heterocycles. The van der Waals surface area contributed by atoms with Gasteiger partial charge < -0.3 is 10.2 Å². The van der Waals surface area contributed by atoms with E-state index in [-0.39, 0.29) is 0 Å². The first-order valence-corrected chi connectivity index (χ1v) is 5.65. The standard InChI is InChI=1S/C12H14F2N2/c13-10-1-2-12(11(14)3-10)16-6-8-4-15-5-9(8)7-16/h1-3,8-9,15H,4-7H2/t8-,9+. The Balaban J connectivity index is 1.83. The van der Waals surface area contributed by atoms with Crippen molar-refractivity contribution in [2.45, 2.75) is 0 Å². The van der Waals surface area contributed by atoms with Gasteiger partial charge in [-0.2, -0.15) is 0 Å². The maximum absolute atomic E-state index is 13.6. The maximum atomic E-state index is 13.6. The van der Waals surface area contributed by atoms with Gasteiger partial charge in [-0.15, -0.1) is 0 Å². The number of halogens is 2. The lowest BCUT2D eigenvalue weighted by Gasteiger charge is -2.20. The fourth-order valence-corrected chi connectivity index (χ4v) is 2.79. The molecule has 1 N–H and O–H groups in total. The Hall–Kier alpha value is -1.16. The lowest BCUT2D eigenvalue weighted by atomic mass is 10.0. The second kappa shape index (κ2) is 3.70. The number of fused-ring (bicyclic) bond motifs is 1. The SMILES string of the molecule is Fc1ccc(N2C[C@H]3CNC[C@H]3C2)c(F)c1. The first-order valence-electron chi connectivity index (χ1n) is 5.65. The van der Waals surface area contributed by atoms with Gasteiger partial charge in [0.25, 0.3) is 0 Å². The fraction of sp³-hybridized carbons (Fsp3) is 0.500. The molecule has 2 fully saturated rings. The van der Waals surface area contributed by atoms with E-state index in [1.165, 1.54) is 6.07 Å². The second-order valence-corrected chi connectivity index (χ2v) is 4.68. The summed E-state index contributed by atoms with van der Waals surface area (Å²) in [6.07, 6.45) is 0. The normalized spacial score (nSPS) is 28.5. The molecule has 2 heterocycles. The first kappa shape index (κ1) is 10.0. The minimum absolute atomic E-state index is 0.451. The van der Waals surface area contributed by atoms with Crippen LogP contribution < -0.4 is 10.2 Å². The van der Waals surface area contributed by atoms with E-state index in [4.69, 9.17) is 0 Å². The molecule has 86 valence electrons. The van der Waals surface area contributed by atoms with E-state index >= 15 is 0 Å². The molecule has 0 aromatic heterocycles. The van der Waals surface area contributed by atoms with Crippen molar-refractivity contribution in [1.82, 2.24) is 5.32 Å². The summed E-state index contributed by atoms with van der Waals surface area (Å²) in [5, 5.41) is 3.34. The van der Waals surface area contributed by atoms with Crippen molar-refractivity contribution < 1.29 is 8.78 Å². The zero-order valence-electron chi connectivity index (χ0n) is 8.92. The lowest BCUT2D eigenvalue weighted by molar-refractivity contribution is 0.533. The van der Waals surface area contributed by atoms with Crippen molar-refractivity contribution in [3.63, 3.8) is 0 Å². The van der Waals surface area contributed by atoms with Crippen LogP contribution in [0.4, 0.5) is 14.5 Å². The highest BCUT2D eigenvalue weighted by Crippen LogP contribution is 2.31. The highest BCUT2D eigenvalue weighted by atomic mass is 19.1. The van der Waals surface area contributed by atoms with Crippen molar-refractivity contribution >= 4 is 5.69 Å². The molecular weight excluding hydrogens is 210 g/mol. The summed E-state index contributed by atoms with van der Waals surface area (Å²) in [5.74, 6) is 0.268. The summed E-state index contributed by atoms with van der Waals surface area (Å²) in [5.41, 5.74) is 0.538. The van der Waals surface area contributed by atoms with Crippen LogP contribution in [0.15, 0.2) is 18.2 Å². The Kier molecular flexibility index (Phi) is 2.32. The Bertz CT molecular complexity index is 396. The van der Waals surface area contributed by atoms with Crippen molar-refractivity contribution in [3.8, 4) is 0 Å². The van der Waals surface area contributed by atoms with Crippen molar-refractivity contribution in [2.24, 2.45) is 11.8 Å². The topological polar surface area (TPSA) is 15.3 Å². The number of hydrogen-bond donors (Lipinski definition) is 1. The van der Waals surface area contributed by atoms with Gasteiger partial charge in [0.1, 0.15) is 11.6 Å². The Morgan fingerprint density at radius 2 is 1.81 bits per heavy atom. The van der Waals surface area contributed by atoms with Crippen LogP contribution in [-0.4, -0.2) is 26.2 Å². The molecule has 0 radical (unpaired) electrons. The highest BCUT2D eigenvalue weighted by Gasteiger charge is 2.36. The van der Waals surface area contributed by atoms with Gasteiger partial charge in [0.15, 0.2) is 0 Å². The largest absolute Gasteiger partial charge is 0.368 e. The summed E-state index contributed by atoms with van der Waals surface area (Å²) >= 11 is 0. The smallest absolute Gasteiger partial charge is 0.149 e. The Morgan fingerprint density at radius 3 is 2.44 bits per heavy atom. The predicted molar refractivity (Wildman–Crippen MR) is 58.4 cm³/mol. The number of anilines is 1. The summed E-state index contributed by atoms with van der Waals surface area (Å²) in [6.45, 7) is 3.79. The Morgan fingerprint density at radius 1 is 1.12 bits per heavy atom. The molecule has 0 saturated carbocycles. The van der Waals surface area contributed by atoms with Gasteiger partial charge in [-0.3, -0.25) is 0 Å². The quantitative estimate of drug-likeness (QED) is 0.779. The molecule has 2 atom stereocenters. The summed E-state index contributed by atoms with van der Waals surface area (Å²) in [6, 6.07) is 3.82. The second-order valence-electron chi connectivity index (χ2n) is 4.68. The van der Waals surface area contributed by atoms with Crippen molar-refractivity contribution in [1.29, 1.82) is 0 Å². The molecule has 2 saturated heterocycles. The Labute approximate surface area is 93.3 Å². The van der Waals surface area contributed by atoms with E-state index in [1.54, 1.807) is 6.07 Å². The zero-order chi connectivity index (χ0) is 11.1. The minimum atomic E-state index is -0.512. The van der Waals surface area contributed by atoms with E-state index < -0.39 is 11.6 Å². The zero-order valence-corrected chi connectivity index (χ0v) is 8.92. The van der Waals surface area contributed by atoms with E-state index in [1.807, 2.05) is 4.90 Å². The predicted octanol–water partition coefficient (Wildman–Crippen LogP) is 1.62. The monoisotopic (exact) mass is 224 g/mol. The van der Waals surface area contributed by atoms with Gasteiger partial charge in [-0.05, 0) is 24.0 Å². The van der Waals surface area contributed by atoms with Gasteiger partial charge in [-0.25, -0.2) is 8.78 Å². The molecule has 2 aliphatic rings. The number of nitrogens with one attached hydrogen (secondary N) is 1. The van der Waals surface area contributed by atoms with Crippen LogP contribution in [0.5, 0.6) is 0 Å². The van der Waals surface area contributed by atoms with Crippen LogP contribution >= 0.6 is 0 Å². The van der Waals surface area contributed by atoms with Gasteiger partial charge >= 0.3 is 0 Å². The average Bonchev–Trinajstić information content (AvgIpc) is 2.76. The van der Waals surface area contributed by atoms with Crippen molar-refractivity contribution in [2.75, 3.05) is 31.1 Å². The third-order valence-corrected chi connectivity index (χ3v) is 3.64. The van der Waals surface area contributed by atoms with E-state index in [2.05, 4.69) is 5.32 Å². The summed E-state index contributed by atoms with van der Waals surface area (Å²) < 4.78 is 26.4. The van der Waals surface area contributed by atoms with Crippen LogP contribution in [0.25, 0.3) is 0 Å².